The van der Waals surface area contributed by atoms with E-state index in [2.05, 4.69) is 11.6 Å². The normalized spacial score (nSPS) is 20.1. The number of aromatic amines is 1. The van der Waals surface area contributed by atoms with Crippen molar-refractivity contribution in [2.75, 3.05) is 13.2 Å². The maximum Gasteiger partial charge on any atom is 0.295 e. The van der Waals surface area contributed by atoms with Gasteiger partial charge in [-0.2, -0.15) is 0 Å². The number of amides is 1. The monoisotopic (exact) mass is 500 g/mol. The molecule has 0 aliphatic carbocycles. The molecule has 2 N–H and O–H groups in total. The van der Waals surface area contributed by atoms with Crippen LogP contribution >= 0.6 is 0 Å². The molecule has 2 atom stereocenters. The Kier molecular flexibility index (Phi) is 6.81. The summed E-state index contributed by atoms with van der Waals surface area (Å²) in [5.41, 5.74) is 2.22. The Labute approximate surface area is 215 Å². The first-order valence-corrected chi connectivity index (χ1v) is 12.4. The summed E-state index contributed by atoms with van der Waals surface area (Å²) in [6, 6.07) is 11.9. The summed E-state index contributed by atoms with van der Waals surface area (Å²) in [4.78, 5) is 31.2. The highest BCUT2D eigenvalue weighted by Crippen LogP contribution is 2.41. The number of benzene rings is 2. The number of ketones is 1. The highest BCUT2D eigenvalue weighted by molar-refractivity contribution is 6.46. The van der Waals surface area contributed by atoms with E-state index < -0.39 is 17.7 Å². The van der Waals surface area contributed by atoms with E-state index in [0.717, 1.165) is 11.3 Å². The number of H-pyrrole nitrogens is 1. The zero-order valence-electron chi connectivity index (χ0n) is 20.7. The van der Waals surface area contributed by atoms with E-state index in [9.17, 15) is 14.7 Å². The molecular weight excluding hydrogens is 470 g/mol. The second-order valence-electron chi connectivity index (χ2n) is 9.32. The molecule has 1 aromatic heterocycles. The summed E-state index contributed by atoms with van der Waals surface area (Å²) >= 11 is 0. The van der Waals surface area contributed by atoms with Gasteiger partial charge >= 0.3 is 0 Å². The molecule has 2 unspecified atom stereocenters. The number of likely N-dealkylation sites (tertiary alicyclic amines) is 1. The Bertz CT molecular complexity index is 1360. The number of ether oxygens (including phenoxy) is 2. The summed E-state index contributed by atoms with van der Waals surface area (Å²) in [5.74, 6) is -0.143. The van der Waals surface area contributed by atoms with Crippen molar-refractivity contribution in [1.82, 2.24) is 9.88 Å². The average Bonchev–Trinajstić information content (AvgIpc) is 3.61. The van der Waals surface area contributed by atoms with E-state index in [-0.39, 0.29) is 17.4 Å². The molecule has 1 amide bonds. The predicted octanol–water partition coefficient (Wildman–Crippen LogP) is 3.70. The fourth-order valence-corrected chi connectivity index (χ4v) is 4.99. The maximum absolute atomic E-state index is 13.4. The summed E-state index contributed by atoms with van der Waals surface area (Å²) < 4.78 is 13.5. The van der Waals surface area contributed by atoms with Crippen LogP contribution in [0.1, 0.15) is 36.1 Å². The first-order chi connectivity index (χ1) is 18.0. The van der Waals surface area contributed by atoms with Gasteiger partial charge in [0.2, 0.25) is 6.33 Å². The van der Waals surface area contributed by atoms with Crippen LogP contribution in [0.4, 0.5) is 0 Å². The first-order valence-electron chi connectivity index (χ1n) is 12.4. The number of aromatic nitrogens is 2. The quantitative estimate of drug-likeness (QED) is 0.154. The lowest BCUT2D eigenvalue weighted by atomic mass is 9.94. The van der Waals surface area contributed by atoms with Crippen LogP contribution in [-0.4, -0.2) is 45.9 Å². The van der Waals surface area contributed by atoms with E-state index in [1.807, 2.05) is 54.5 Å². The van der Waals surface area contributed by atoms with E-state index >= 15 is 0 Å². The van der Waals surface area contributed by atoms with Gasteiger partial charge in [-0.25, -0.2) is 4.57 Å². The van der Waals surface area contributed by atoms with E-state index in [4.69, 9.17) is 9.47 Å². The van der Waals surface area contributed by atoms with E-state index in [1.54, 1.807) is 29.2 Å². The number of carbonyl (C=O) groups is 2. The van der Waals surface area contributed by atoms with Crippen LogP contribution in [-0.2, 0) is 22.6 Å². The van der Waals surface area contributed by atoms with Crippen LogP contribution in [0, 0.1) is 0 Å². The SMILES string of the molecule is C=CCOc1cccc(C2C(=C(O)c3ccc4c(c3)CC(C)O4)C(=O)C(=O)N2CCC[n+]2cc[nH]c2)c1. The second kappa shape index (κ2) is 10.3. The molecule has 190 valence electrons. The van der Waals surface area contributed by atoms with Crippen LogP contribution in [0.2, 0.25) is 0 Å². The van der Waals surface area contributed by atoms with Crippen molar-refractivity contribution in [3.05, 3.63) is 96.1 Å². The van der Waals surface area contributed by atoms with Crippen LogP contribution in [0.25, 0.3) is 5.76 Å². The lowest BCUT2D eigenvalue weighted by Gasteiger charge is -2.25. The Hall–Kier alpha value is -4.33. The minimum absolute atomic E-state index is 0.0502. The minimum Gasteiger partial charge on any atom is -0.507 e. The molecule has 1 fully saturated rings. The standard InChI is InChI=1S/C29H29N3O5/c1-3-14-36-23-7-4-6-20(17-23)26-25(27(33)21-8-9-24-22(16-21)15-19(2)37-24)28(34)29(35)32(26)12-5-11-31-13-10-30-18-31/h3-4,6-10,13,16-19,26H,1,5,11-12,14-15H2,2H3,(H,33,34)/p+1. The molecule has 1 saturated heterocycles. The van der Waals surface area contributed by atoms with Crippen molar-refractivity contribution in [3.63, 3.8) is 0 Å². The fourth-order valence-electron chi connectivity index (χ4n) is 4.99. The minimum atomic E-state index is -0.744. The molecule has 8 nitrogen and oxygen atoms in total. The van der Waals surface area contributed by atoms with Gasteiger partial charge in [0, 0.05) is 24.9 Å². The maximum atomic E-state index is 13.4. The zero-order valence-corrected chi connectivity index (χ0v) is 20.7. The number of nitrogens with one attached hydrogen (secondary N) is 1. The van der Waals surface area contributed by atoms with E-state index in [1.165, 1.54) is 0 Å². The molecule has 37 heavy (non-hydrogen) atoms. The van der Waals surface area contributed by atoms with Gasteiger partial charge in [0.1, 0.15) is 42.4 Å². The van der Waals surface area contributed by atoms with Gasteiger partial charge in [-0.15, -0.1) is 0 Å². The van der Waals surface area contributed by atoms with Crippen molar-refractivity contribution >= 4 is 17.4 Å². The van der Waals surface area contributed by atoms with Crippen molar-refractivity contribution in [3.8, 4) is 11.5 Å². The van der Waals surface area contributed by atoms with Crippen molar-refractivity contribution in [2.45, 2.75) is 38.5 Å². The largest absolute Gasteiger partial charge is 0.507 e. The van der Waals surface area contributed by atoms with Crippen LogP contribution < -0.4 is 14.0 Å². The molecule has 0 bridgehead atoms. The summed E-state index contributed by atoms with van der Waals surface area (Å²) in [6.45, 7) is 7.01. The van der Waals surface area contributed by atoms with Gasteiger partial charge in [0.15, 0.2) is 0 Å². The molecule has 0 saturated carbocycles. The van der Waals surface area contributed by atoms with Gasteiger partial charge in [0.05, 0.1) is 18.2 Å². The summed E-state index contributed by atoms with van der Waals surface area (Å²) in [7, 11) is 0. The number of nitrogens with zero attached hydrogens (tertiary/aromatic N) is 2. The topological polar surface area (TPSA) is 95.7 Å². The fraction of sp³-hybridized carbons (Fsp3) is 0.276. The number of fused-ring (bicyclic) bond motifs is 1. The highest BCUT2D eigenvalue weighted by Gasteiger charge is 2.46. The number of imidazole rings is 1. The number of carbonyl (C=O) groups excluding carboxylic acids is 2. The van der Waals surface area contributed by atoms with Crippen molar-refractivity contribution in [1.29, 1.82) is 0 Å². The van der Waals surface area contributed by atoms with Gasteiger partial charge < -0.3 is 19.5 Å². The number of Topliss-reactive ketones (excluding diaryl/α,β-unsaturated/α-hetero) is 1. The Balaban J connectivity index is 1.54. The molecule has 2 aliphatic heterocycles. The number of rotatable bonds is 9. The number of hydrogen-bond acceptors (Lipinski definition) is 5. The zero-order chi connectivity index (χ0) is 25.9. The molecular formula is C29H30N3O5+. The van der Waals surface area contributed by atoms with E-state index in [0.29, 0.717) is 49.4 Å². The van der Waals surface area contributed by atoms with Gasteiger partial charge in [-0.3, -0.25) is 14.6 Å². The number of aryl methyl sites for hydroxylation is 1. The molecule has 2 aliphatic rings. The average molecular weight is 501 g/mol. The van der Waals surface area contributed by atoms with Crippen LogP contribution in [0.3, 0.4) is 0 Å². The third kappa shape index (κ3) is 4.87. The molecule has 3 heterocycles. The van der Waals surface area contributed by atoms with Crippen molar-refractivity contribution in [2.24, 2.45) is 0 Å². The third-order valence-corrected chi connectivity index (χ3v) is 6.67. The number of hydrogen-bond donors (Lipinski definition) is 2. The lowest BCUT2D eigenvalue weighted by Crippen LogP contribution is -2.36. The second-order valence-corrected chi connectivity index (χ2v) is 9.32. The van der Waals surface area contributed by atoms with Gasteiger partial charge in [-0.05, 0) is 48.4 Å². The molecule has 0 radical (unpaired) electrons. The Morgan fingerprint density at radius 1 is 1.30 bits per heavy atom. The van der Waals surface area contributed by atoms with Crippen molar-refractivity contribution < 1.29 is 28.7 Å². The first kappa shape index (κ1) is 24.4. The smallest absolute Gasteiger partial charge is 0.295 e. The van der Waals surface area contributed by atoms with Crippen LogP contribution in [0.15, 0.2) is 79.4 Å². The number of aliphatic hydroxyl groups excluding tert-OH is 1. The highest BCUT2D eigenvalue weighted by atomic mass is 16.5. The molecule has 3 aromatic rings. The van der Waals surface area contributed by atoms with Crippen LogP contribution in [0.5, 0.6) is 11.5 Å². The lowest BCUT2D eigenvalue weighted by molar-refractivity contribution is -0.695. The molecule has 0 spiro atoms. The van der Waals surface area contributed by atoms with Gasteiger partial charge in [-0.1, -0.05) is 24.8 Å². The predicted molar refractivity (Wildman–Crippen MR) is 137 cm³/mol. The van der Waals surface area contributed by atoms with Gasteiger partial charge in [0.25, 0.3) is 11.7 Å². The molecule has 5 rings (SSSR count). The molecule has 8 heteroatoms. The summed E-state index contributed by atoms with van der Waals surface area (Å²) in [5, 5.41) is 11.4. The number of aliphatic hydroxyl groups is 1. The Morgan fingerprint density at radius 3 is 2.95 bits per heavy atom. The third-order valence-electron chi connectivity index (χ3n) is 6.67. The Morgan fingerprint density at radius 2 is 2.16 bits per heavy atom. The summed E-state index contributed by atoms with van der Waals surface area (Å²) in [6.07, 6.45) is 8.61. The molecule has 2 aromatic carbocycles.